The van der Waals surface area contributed by atoms with Crippen molar-refractivity contribution in [2.75, 3.05) is 11.9 Å². The molecule has 0 amide bonds. The van der Waals surface area contributed by atoms with E-state index in [-0.39, 0.29) is 12.1 Å². The Hall–Kier alpha value is -1.05. The fourth-order valence-electron chi connectivity index (χ4n) is 2.54. The number of anilines is 1. The molecule has 4 heteroatoms. The molecule has 1 aliphatic carbocycles. The molecular formula is C14H17BrN2O. The number of benzene rings is 1. The van der Waals surface area contributed by atoms with E-state index in [1.807, 2.05) is 12.1 Å². The van der Waals surface area contributed by atoms with E-state index in [9.17, 15) is 5.11 Å². The number of halogens is 1. The van der Waals surface area contributed by atoms with Crippen molar-refractivity contribution in [1.29, 1.82) is 5.26 Å². The van der Waals surface area contributed by atoms with Gasteiger partial charge in [0.1, 0.15) is 6.07 Å². The molecule has 0 aliphatic heterocycles. The largest absolute Gasteiger partial charge is 0.394 e. The number of nitrogens with zero attached hydrogens (tertiary/aromatic N) is 1. The third kappa shape index (κ3) is 2.85. The van der Waals surface area contributed by atoms with Crippen LogP contribution in [0.1, 0.15) is 37.7 Å². The van der Waals surface area contributed by atoms with Gasteiger partial charge in [0.15, 0.2) is 0 Å². The van der Waals surface area contributed by atoms with Gasteiger partial charge in [0, 0.05) is 10.2 Å². The molecule has 1 aromatic carbocycles. The smallest absolute Gasteiger partial charge is 0.100 e. The summed E-state index contributed by atoms with van der Waals surface area (Å²) >= 11 is 3.39. The number of aliphatic hydroxyl groups excluding tert-OH is 1. The molecule has 2 rings (SSSR count). The van der Waals surface area contributed by atoms with Crippen LogP contribution in [0.5, 0.6) is 0 Å². The van der Waals surface area contributed by atoms with E-state index >= 15 is 0 Å². The van der Waals surface area contributed by atoms with Gasteiger partial charge in [0.25, 0.3) is 0 Å². The molecule has 0 spiro atoms. The van der Waals surface area contributed by atoms with Crippen LogP contribution in [-0.4, -0.2) is 17.3 Å². The Kier molecular flexibility index (Phi) is 4.26. The fraction of sp³-hybridized carbons (Fsp3) is 0.500. The van der Waals surface area contributed by atoms with E-state index < -0.39 is 0 Å². The summed E-state index contributed by atoms with van der Waals surface area (Å²) in [5, 5.41) is 22.0. The van der Waals surface area contributed by atoms with Crippen LogP contribution in [0, 0.1) is 11.3 Å². The molecule has 1 aliphatic rings. The molecule has 1 fully saturated rings. The lowest BCUT2D eigenvalue weighted by Gasteiger charge is -2.37. The Balaban J connectivity index is 2.17. The summed E-state index contributed by atoms with van der Waals surface area (Å²) in [6, 6.07) is 7.72. The maximum Gasteiger partial charge on any atom is 0.100 e. The fourth-order valence-corrected chi connectivity index (χ4v) is 3.01. The molecule has 18 heavy (non-hydrogen) atoms. The molecule has 0 bridgehead atoms. The second-order valence-electron chi connectivity index (χ2n) is 4.93. The van der Waals surface area contributed by atoms with E-state index in [0.717, 1.165) is 35.8 Å². The average Bonchev–Trinajstić information content (AvgIpc) is 2.40. The zero-order valence-corrected chi connectivity index (χ0v) is 11.8. The molecule has 3 nitrogen and oxygen atoms in total. The van der Waals surface area contributed by atoms with E-state index in [0.29, 0.717) is 5.56 Å². The lowest BCUT2D eigenvalue weighted by molar-refractivity contribution is 0.173. The highest BCUT2D eigenvalue weighted by atomic mass is 79.9. The minimum atomic E-state index is -0.189. The summed E-state index contributed by atoms with van der Waals surface area (Å²) < 4.78 is 0.791. The van der Waals surface area contributed by atoms with Gasteiger partial charge in [-0.3, -0.25) is 0 Å². The van der Waals surface area contributed by atoms with Crippen LogP contribution < -0.4 is 5.32 Å². The van der Waals surface area contributed by atoms with Gasteiger partial charge in [-0.25, -0.2) is 0 Å². The SMILES string of the molecule is N#Cc1ccc(NC2(CO)CCCCC2)cc1Br. The second-order valence-corrected chi connectivity index (χ2v) is 5.78. The zero-order chi connectivity index (χ0) is 13.0. The predicted molar refractivity (Wildman–Crippen MR) is 75.4 cm³/mol. The Bertz CT molecular complexity index is 461. The zero-order valence-electron chi connectivity index (χ0n) is 10.2. The predicted octanol–water partition coefficient (Wildman–Crippen LogP) is 3.43. The van der Waals surface area contributed by atoms with Gasteiger partial charge in [0.2, 0.25) is 0 Å². The van der Waals surface area contributed by atoms with Crippen LogP contribution >= 0.6 is 15.9 Å². The Labute approximate surface area is 116 Å². The van der Waals surface area contributed by atoms with Gasteiger partial charge in [0.05, 0.1) is 17.7 Å². The Morgan fingerprint density at radius 3 is 2.61 bits per heavy atom. The van der Waals surface area contributed by atoms with Gasteiger partial charge in [-0.05, 0) is 47.0 Å². The molecule has 0 saturated heterocycles. The van der Waals surface area contributed by atoms with Crippen molar-refractivity contribution in [3.63, 3.8) is 0 Å². The molecule has 0 unspecified atom stereocenters. The van der Waals surface area contributed by atoms with E-state index in [4.69, 9.17) is 5.26 Å². The van der Waals surface area contributed by atoms with E-state index in [2.05, 4.69) is 27.3 Å². The van der Waals surface area contributed by atoms with Crippen LogP contribution in [0.4, 0.5) is 5.69 Å². The Morgan fingerprint density at radius 1 is 1.33 bits per heavy atom. The molecule has 1 aromatic rings. The van der Waals surface area contributed by atoms with Gasteiger partial charge in [-0.1, -0.05) is 19.3 Å². The van der Waals surface area contributed by atoms with Crippen molar-refractivity contribution < 1.29 is 5.11 Å². The van der Waals surface area contributed by atoms with Gasteiger partial charge in [-0.15, -0.1) is 0 Å². The molecule has 0 aromatic heterocycles. The van der Waals surface area contributed by atoms with E-state index in [1.165, 1.54) is 6.42 Å². The molecule has 0 heterocycles. The first-order chi connectivity index (χ1) is 8.69. The highest BCUT2D eigenvalue weighted by molar-refractivity contribution is 9.10. The number of aliphatic hydroxyl groups is 1. The third-order valence-corrected chi connectivity index (χ3v) is 4.27. The summed E-state index contributed by atoms with van der Waals surface area (Å²) in [5.41, 5.74) is 1.39. The maximum absolute atomic E-state index is 9.65. The van der Waals surface area contributed by atoms with Crippen molar-refractivity contribution in [1.82, 2.24) is 0 Å². The summed E-state index contributed by atoms with van der Waals surface area (Å²) in [6.45, 7) is 0.157. The molecule has 0 radical (unpaired) electrons. The highest BCUT2D eigenvalue weighted by Crippen LogP contribution is 2.32. The summed E-state index contributed by atoms with van der Waals surface area (Å²) in [6.07, 6.45) is 5.57. The van der Waals surface area contributed by atoms with Crippen molar-refractivity contribution >= 4 is 21.6 Å². The normalized spacial score (nSPS) is 18.1. The summed E-state index contributed by atoms with van der Waals surface area (Å²) in [5.74, 6) is 0. The van der Waals surface area contributed by atoms with Crippen molar-refractivity contribution in [3.05, 3.63) is 28.2 Å². The minimum Gasteiger partial charge on any atom is -0.394 e. The van der Waals surface area contributed by atoms with E-state index in [1.54, 1.807) is 6.07 Å². The van der Waals surface area contributed by atoms with Crippen molar-refractivity contribution in [3.8, 4) is 6.07 Å². The molecule has 0 atom stereocenters. The van der Waals surface area contributed by atoms with Crippen LogP contribution in [0.15, 0.2) is 22.7 Å². The number of rotatable bonds is 3. The summed E-state index contributed by atoms with van der Waals surface area (Å²) in [4.78, 5) is 0. The quantitative estimate of drug-likeness (QED) is 0.899. The highest BCUT2D eigenvalue weighted by Gasteiger charge is 2.31. The first-order valence-corrected chi connectivity index (χ1v) is 7.07. The minimum absolute atomic E-state index is 0.157. The Morgan fingerprint density at radius 2 is 2.06 bits per heavy atom. The average molecular weight is 309 g/mol. The molecule has 96 valence electrons. The monoisotopic (exact) mass is 308 g/mol. The lowest BCUT2D eigenvalue weighted by atomic mass is 9.82. The van der Waals surface area contributed by atoms with Crippen LogP contribution in [0.2, 0.25) is 0 Å². The first kappa shape index (κ1) is 13.4. The molecule has 1 saturated carbocycles. The van der Waals surface area contributed by atoms with Gasteiger partial charge >= 0.3 is 0 Å². The number of nitriles is 1. The van der Waals surface area contributed by atoms with Gasteiger partial charge < -0.3 is 10.4 Å². The lowest BCUT2D eigenvalue weighted by Crippen LogP contribution is -2.43. The number of hydrogen-bond donors (Lipinski definition) is 2. The second kappa shape index (κ2) is 5.73. The van der Waals surface area contributed by atoms with Crippen molar-refractivity contribution in [2.24, 2.45) is 0 Å². The molecular weight excluding hydrogens is 292 g/mol. The van der Waals surface area contributed by atoms with Crippen molar-refractivity contribution in [2.45, 2.75) is 37.6 Å². The number of hydrogen-bond acceptors (Lipinski definition) is 3. The number of nitrogens with one attached hydrogen (secondary N) is 1. The van der Waals surface area contributed by atoms with Crippen LogP contribution in [-0.2, 0) is 0 Å². The first-order valence-electron chi connectivity index (χ1n) is 6.28. The summed E-state index contributed by atoms with van der Waals surface area (Å²) in [7, 11) is 0. The van der Waals surface area contributed by atoms with Crippen LogP contribution in [0.25, 0.3) is 0 Å². The molecule has 2 N–H and O–H groups in total. The topological polar surface area (TPSA) is 56.0 Å². The van der Waals surface area contributed by atoms with Gasteiger partial charge in [-0.2, -0.15) is 5.26 Å². The standard InChI is InChI=1S/C14H17BrN2O/c15-13-8-12(5-4-11(13)9-16)17-14(10-18)6-2-1-3-7-14/h4-5,8,17-18H,1-3,6-7,10H2. The van der Waals surface area contributed by atoms with Crippen LogP contribution in [0.3, 0.4) is 0 Å². The third-order valence-electron chi connectivity index (χ3n) is 3.61. The maximum atomic E-state index is 9.65.